The topological polar surface area (TPSA) is 77.2 Å². The van der Waals surface area contributed by atoms with Crippen LogP contribution in [-0.4, -0.2) is 30.6 Å². The number of amides is 1. The van der Waals surface area contributed by atoms with E-state index in [4.69, 9.17) is 10.5 Å². The van der Waals surface area contributed by atoms with E-state index in [0.717, 1.165) is 9.88 Å². The molecular weight excluding hydrogens is 333 g/mol. The van der Waals surface area contributed by atoms with Crippen LogP contribution in [0.4, 0.5) is 0 Å². The van der Waals surface area contributed by atoms with Gasteiger partial charge in [-0.1, -0.05) is 0 Å². The van der Waals surface area contributed by atoms with Gasteiger partial charge in [0.2, 0.25) is 5.91 Å². The van der Waals surface area contributed by atoms with Crippen LogP contribution >= 0.6 is 36.2 Å². The SMILES string of the molecule is Cc1cnc(C(C)NC(=O)C2(CN)CCOCC2)s1.Cl.Cl. The zero-order valence-electron chi connectivity index (χ0n) is 12.3. The fourth-order valence-corrected chi connectivity index (χ4v) is 3.05. The summed E-state index contributed by atoms with van der Waals surface area (Å²) >= 11 is 1.61. The summed E-state index contributed by atoms with van der Waals surface area (Å²) in [5.74, 6) is 0.0265. The predicted octanol–water partition coefficient (Wildman–Crippen LogP) is 2.23. The van der Waals surface area contributed by atoms with Gasteiger partial charge in [0.15, 0.2) is 0 Å². The molecule has 0 saturated carbocycles. The first-order chi connectivity index (χ1) is 9.07. The molecule has 5 nitrogen and oxygen atoms in total. The lowest BCUT2D eigenvalue weighted by atomic mass is 9.79. The summed E-state index contributed by atoms with van der Waals surface area (Å²) in [5, 5.41) is 3.98. The molecule has 21 heavy (non-hydrogen) atoms. The molecule has 1 atom stereocenters. The highest BCUT2D eigenvalue weighted by Crippen LogP contribution is 2.30. The van der Waals surface area contributed by atoms with Gasteiger partial charge in [0, 0.05) is 30.8 Å². The van der Waals surface area contributed by atoms with E-state index in [1.54, 1.807) is 11.3 Å². The maximum absolute atomic E-state index is 12.5. The standard InChI is InChI=1S/C13H21N3O2S.2ClH/c1-9-7-15-11(19-9)10(2)16-12(17)13(8-14)3-5-18-6-4-13;;/h7,10H,3-6,8,14H2,1-2H3,(H,16,17);2*1H. The van der Waals surface area contributed by atoms with Crippen molar-refractivity contribution in [2.24, 2.45) is 11.1 Å². The molecule has 0 aromatic carbocycles. The number of carbonyl (C=O) groups is 1. The monoisotopic (exact) mass is 355 g/mol. The molecule has 0 radical (unpaired) electrons. The second-order valence-electron chi connectivity index (χ2n) is 5.10. The maximum atomic E-state index is 12.5. The van der Waals surface area contributed by atoms with Gasteiger partial charge in [-0.2, -0.15) is 0 Å². The van der Waals surface area contributed by atoms with E-state index in [0.29, 0.717) is 32.6 Å². The van der Waals surface area contributed by atoms with Gasteiger partial charge in [0.25, 0.3) is 0 Å². The minimum Gasteiger partial charge on any atom is -0.381 e. The molecule has 0 aliphatic carbocycles. The third-order valence-corrected chi connectivity index (χ3v) is 4.77. The van der Waals surface area contributed by atoms with Crippen molar-refractivity contribution < 1.29 is 9.53 Å². The highest BCUT2D eigenvalue weighted by molar-refractivity contribution is 7.11. The predicted molar refractivity (Wildman–Crippen MR) is 89.4 cm³/mol. The van der Waals surface area contributed by atoms with Gasteiger partial charge in [0.05, 0.1) is 11.5 Å². The summed E-state index contributed by atoms with van der Waals surface area (Å²) in [5.41, 5.74) is 5.35. The third-order valence-electron chi connectivity index (χ3n) is 3.68. The highest BCUT2D eigenvalue weighted by atomic mass is 35.5. The van der Waals surface area contributed by atoms with Crippen LogP contribution in [0.15, 0.2) is 6.20 Å². The van der Waals surface area contributed by atoms with Crippen LogP contribution < -0.4 is 11.1 Å². The summed E-state index contributed by atoms with van der Waals surface area (Å²) in [6.45, 7) is 5.55. The second-order valence-corrected chi connectivity index (χ2v) is 6.37. The van der Waals surface area contributed by atoms with Crippen LogP contribution in [0.2, 0.25) is 0 Å². The summed E-state index contributed by atoms with van der Waals surface area (Å²) in [4.78, 5) is 17.9. The van der Waals surface area contributed by atoms with Crippen LogP contribution in [0.1, 0.15) is 35.7 Å². The zero-order valence-corrected chi connectivity index (χ0v) is 14.7. The van der Waals surface area contributed by atoms with Crippen molar-refractivity contribution in [3.05, 3.63) is 16.1 Å². The van der Waals surface area contributed by atoms with Crippen LogP contribution in [0.25, 0.3) is 0 Å². The summed E-state index contributed by atoms with van der Waals surface area (Å²) in [6.07, 6.45) is 3.22. The number of hydrogen-bond acceptors (Lipinski definition) is 5. The molecule has 1 aromatic heterocycles. The lowest BCUT2D eigenvalue weighted by Crippen LogP contribution is -2.49. The van der Waals surface area contributed by atoms with E-state index in [-0.39, 0.29) is 36.8 Å². The first-order valence-corrected chi connectivity index (χ1v) is 7.40. The van der Waals surface area contributed by atoms with E-state index in [1.807, 2.05) is 20.0 Å². The molecule has 1 aliphatic rings. The molecule has 2 heterocycles. The number of aromatic nitrogens is 1. The van der Waals surface area contributed by atoms with Crippen molar-refractivity contribution >= 4 is 42.1 Å². The van der Waals surface area contributed by atoms with Crippen LogP contribution in [0.5, 0.6) is 0 Å². The Bertz CT molecular complexity index is 450. The Hall–Kier alpha value is -0.400. The number of aryl methyl sites for hydroxylation is 1. The number of rotatable bonds is 4. The fourth-order valence-electron chi connectivity index (χ4n) is 2.27. The number of carbonyl (C=O) groups excluding carboxylic acids is 1. The van der Waals surface area contributed by atoms with Gasteiger partial charge in [-0.3, -0.25) is 4.79 Å². The Kier molecular flexibility index (Phi) is 8.73. The Morgan fingerprint density at radius 3 is 2.62 bits per heavy atom. The molecule has 0 bridgehead atoms. The first kappa shape index (κ1) is 20.6. The minimum absolute atomic E-state index is 0. The van der Waals surface area contributed by atoms with Gasteiger partial charge < -0.3 is 15.8 Å². The molecular formula is C13H23Cl2N3O2S. The molecule has 1 aromatic rings. The molecule has 1 saturated heterocycles. The lowest BCUT2D eigenvalue weighted by Gasteiger charge is -2.35. The molecule has 1 aliphatic heterocycles. The summed E-state index contributed by atoms with van der Waals surface area (Å²) in [7, 11) is 0. The summed E-state index contributed by atoms with van der Waals surface area (Å²) in [6, 6.07) is -0.0718. The van der Waals surface area contributed by atoms with Gasteiger partial charge >= 0.3 is 0 Å². The molecule has 8 heteroatoms. The van der Waals surface area contributed by atoms with Crippen molar-refractivity contribution in [1.29, 1.82) is 0 Å². The van der Waals surface area contributed by atoms with E-state index in [9.17, 15) is 4.79 Å². The van der Waals surface area contributed by atoms with Crippen molar-refractivity contribution in [1.82, 2.24) is 10.3 Å². The first-order valence-electron chi connectivity index (χ1n) is 6.58. The molecule has 122 valence electrons. The Balaban J connectivity index is 0.00000200. The molecule has 3 N–H and O–H groups in total. The third kappa shape index (κ3) is 4.79. The zero-order chi connectivity index (χ0) is 13.9. The summed E-state index contributed by atoms with van der Waals surface area (Å²) < 4.78 is 5.32. The number of thiazole rings is 1. The molecule has 1 fully saturated rings. The Labute approximate surface area is 141 Å². The van der Waals surface area contributed by atoms with Gasteiger partial charge in [-0.05, 0) is 26.7 Å². The fraction of sp³-hybridized carbons (Fsp3) is 0.692. The maximum Gasteiger partial charge on any atom is 0.228 e. The number of nitrogens with one attached hydrogen (secondary N) is 1. The largest absolute Gasteiger partial charge is 0.381 e. The van der Waals surface area contributed by atoms with Gasteiger partial charge in [-0.25, -0.2) is 4.98 Å². The van der Waals surface area contributed by atoms with E-state index in [2.05, 4.69) is 10.3 Å². The quantitative estimate of drug-likeness (QED) is 0.867. The van der Waals surface area contributed by atoms with Crippen molar-refractivity contribution in [3.8, 4) is 0 Å². The lowest BCUT2D eigenvalue weighted by molar-refractivity contribution is -0.136. The van der Waals surface area contributed by atoms with Crippen molar-refractivity contribution in [2.45, 2.75) is 32.7 Å². The van der Waals surface area contributed by atoms with Gasteiger partial charge in [0.1, 0.15) is 5.01 Å². The minimum atomic E-state index is -0.473. The molecule has 2 rings (SSSR count). The molecule has 0 spiro atoms. The van der Waals surface area contributed by atoms with E-state index >= 15 is 0 Å². The smallest absolute Gasteiger partial charge is 0.228 e. The number of halogens is 2. The second kappa shape index (κ2) is 8.90. The van der Waals surface area contributed by atoms with E-state index in [1.165, 1.54) is 0 Å². The van der Waals surface area contributed by atoms with Crippen LogP contribution in [0.3, 0.4) is 0 Å². The average Bonchev–Trinajstić information content (AvgIpc) is 2.86. The average molecular weight is 356 g/mol. The normalized spacial score (nSPS) is 18.0. The Morgan fingerprint density at radius 2 is 2.14 bits per heavy atom. The van der Waals surface area contributed by atoms with Crippen LogP contribution in [0, 0.1) is 12.3 Å². The number of nitrogens with two attached hydrogens (primary N) is 1. The number of hydrogen-bond donors (Lipinski definition) is 2. The Morgan fingerprint density at radius 1 is 1.52 bits per heavy atom. The van der Waals surface area contributed by atoms with Crippen molar-refractivity contribution in [3.63, 3.8) is 0 Å². The van der Waals surface area contributed by atoms with Crippen molar-refractivity contribution in [2.75, 3.05) is 19.8 Å². The number of ether oxygens (including phenoxy) is 1. The van der Waals surface area contributed by atoms with Crippen LogP contribution in [-0.2, 0) is 9.53 Å². The molecule has 1 unspecified atom stereocenters. The molecule has 1 amide bonds. The number of nitrogens with zero attached hydrogens (tertiary/aromatic N) is 1. The van der Waals surface area contributed by atoms with E-state index < -0.39 is 5.41 Å². The van der Waals surface area contributed by atoms with Gasteiger partial charge in [-0.15, -0.1) is 36.2 Å². The highest BCUT2D eigenvalue weighted by Gasteiger charge is 2.39.